The zero-order chi connectivity index (χ0) is 13.8. The molecule has 0 unspecified atom stereocenters. The molecule has 0 bridgehead atoms. The molecule has 0 radical (unpaired) electrons. The summed E-state index contributed by atoms with van der Waals surface area (Å²) in [5.41, 5.74) is 1.04. The highest BCUT2D eigenvalue weighted by atomic mass is 32.2. The molecule has 0 aromatic rings. The van der Waals surface area contributed by atoms with E-state index in [4.69, 9.17) is 0 Å². The van der Waals surface area contributed by atoms with E-state index in [0.29, 0.717) is 11.4 Å². The van der Waals surface area contributed by atoms with Crippen LogP contribution in [0, 0.1) is 0 Å². The highest BCUT2D eigenvalue weighted by Gasteiger charge is 2.31. The second-order valence-corrected chi connectivity index (χ2v) is 5.47. The molecule has 1 aliphatic heterocycles. The van der Waals surface area contributed by atoms with Crippen LogP contribution in [0.2, 0.25) is 0 Å². The molecule has 0 saturated carbocycles. The maximum absolute atomic E-state index is 12.4. The molecule has 1 heterocycles. The Morgan fingerprint density at radius 1 is 1.22 bits per heavy atom. The number of nitrogens with one attached hydrogen (secondary N) is 1. The summed E-state index contributed by atoms with van der Waals surface area (Å²) in [6.07, 6.45) is 9.58. The summed E-state index contributed by atoms with van der Waals surface area (Å²) in [5.74, 6) is 0. The molecule has 0 aromatic carbocycles. The molecule has 4 heteroatoms. The number of rotatable bonds is 3. The predicted octanol–water partition coefficient (Wildman–Crippen LogP) is 2.95. The lowest BCUT2D eigenvalue weighted by molar-refractivity contribution is 0.606. The van der Waals surface area contributed by atoms with E-state index in [2.05, 4.69) is 18.5 Å². The van der Waals surface area contributed by atoms with Crippen molar-refractivity contribution >= 4 is 9.84 Å². The lowest BCUT2D eigenvalue weighted by Crippen LogP contribution is -2.27. The van der Waals surface area contributed by atoms with Gasteiger partial charge in [0.25, 0.3) is 0 Å². The Morgan fingerprint density at radius 3 is 2.33 bits per heavy atom. The molecule has 18 heavy (non-hydrogen) atoms. The standard InChI is InChI=1S/C14H17NO2S/c1-5-9-11-13(7-3)18(16,17)14(8-4)12(15-11)10-6-2/h5-10,15H,1,4H2,2-3H3/b10-6-,11-9+,13-7+. The highest BCUT2D eigenvalue weighted by molar-refractivity contribution is 7.99. The average Bonchev–Trinajstić information content (AvgIpc) is 2.29. The number of hydrogen-bond acceptors (Lipinski definition) is 3. The van der Waals surface area contributed by atoms with Gasteiger partial charge in [-0.2, -0.15) is 0 Å². The third-order valence-electron chi connectivity index (χ3n) is 2.44. The minimum atomic E-state index is -3.51. The molecule has 0 aliphatic carbocycles. The summed E-state index contributed by atoms with van der Waals surface area (Å²) in [5, 5.41) is 3.08. The van der Waals surface area contributed by atoms with Gasteiger partial charge in [0.2, 0.25) is 9.84 Å². The van der Waals surface area contributed by atoms with Gasteiger partial charge in [-0.3, -0.25) is 0 Å². The van der Waals surface area contributed by atoms with Crippen molar-refractivity contribution in [3.63, 3.8) is 0 Å². The maximum atomic E-state index is 12.4. The molecule has 0 amide bonds. The Morgan fingerprint density at radius 2 is 1.89 bits per heavy atom. The molecular weight excluding hydrogens is 246 g/mol. The maximum Gasteiger partial charge on any atom is 0.210 e. The van der Waals surface area contributed by atoms with Crippen molar-refractivity contribution in [2.75, 3.05) is 0 Å². The van der Waals surface area contributed by atoms with E-state index in [1.807, 2.05) is 6.92 Å². The topological polar surface area (TPSA) is 46.2 Å². The summed E-state index contributed by atoms with van der Waals surface area (Å²) in [6, 6.07) is 0. The second kappa shape index (κ2) is 5.69. The first-order valence-corrected chi connectivity index (χ1v) is 7.02. The quantitative estimate of drug-likeness (QED) is 0.851. The lowest BCUT2D eigenvalue weighted by atomic mass is 10.2. The monoisotopic (exact) mass is 263 g/mol. The number of hydrogen-bond donors (Lipinski definition) is 1. The summed E-state index contributed by atoms with van der Waals surface area (Å²) < 4.78 is 24.8. The van der Waals surface area contributed by atoms with Gasteiger partial charge in [-0.25, -0.2) is 8.42 Å². The largest absolute Gasteiger partial charge is 0.353 e. The van der Waals surface area contributed by atoms with Crippen LogP contribution in [-0.4, -0.2) is 8.42 Å². The first kappa shape index (κ1) is 14.3. The van der Waals surface area contributed by atoms with Crippen molar-refractivity contribution in [2.24, 2.45) is 0 Å². The predicted molar refractivity (Wildman–Crippen MR) is 76.1 cm³/mol. The van der Waals surface area contributed by atoms with Crippen LogP contribution in [0.25, 0.3) is 0 Å². The van der Waals surface area contributed by atoms with Crippen LogP contribution in [-0.2, 0) is 9.84 Å². The zero-order valence-electron chi connectivity index (χ0n) is 10.6. The van der Waals surface area contributed by atoms with Crippen molar-refractivity contribution < 1.29 is 8.42 Å². The fraction of sp³-hybridized carbons (Fsp3) is 0.143. The van der Waals surface area contributed by atoms with Gasteiger partial charge in [-0.05, 0) is 32.1 Å². The van der Waals surface area contributed by atoms with E-state index < -0.39 is 9.84 Å². The van der Waals surface area contributed by atoms with Gasteiger partial charge in [-0.1, -0.05) is 31.4 Å². The molecule has 3 nitrogen and oxygen atoms in total. The number of sulfone groups is 1. The van der Waals surface area contributed by atoms with E-state index in [-0.39, 0.29) is 9.81 Å². The molecular formula is C14H17NO2S. The molecule has 0 aromatic heterocycles. The van der Waals surface area contributed by atoms with Gasteiger partial charge >= 0.3 is 0 Å². The first-order valence-electron chi connectivity index (χ1n) is 5.53. The Labute approximate surface area is 109 Å². The fourth-order valence-corrected chi connectivity index (χ4v) is 3.32. The first-order chi connectivity index (χ1) is 8.52. The van der Waals surface area contributed by atoms with E-state index >= 15 is 0 Å². The van der Waals surface area contributed by atoms with Gasteiger partial charge in [0.05, 0.1) is 21.2 Å². The Kier molecular flexibility index (Phi) is 4.50. The molecule has 0 atom stereocenters. The highest BCUT2D eigenvalue weighted by Crippen LogP contribution is 2.31. The Balaban J connectivity index is 3.64. The van der Waals surface area contributed by atoms with Crippen LogP contribution >= 0.6 is 0 Å². The van der Waals surface area contributed by atoms with Crippen LogP contribution in [0.15, 0.2) is 70.8 Å². The zero-order valence-corrected chi connectivity index (χ0v) is 11.4. The van der Waals surface area contributed by atoms with Crippen molar-refractivity contribution in [2.45, 2.75) is 13.8 Å². The van der Waals surface area contributed by atoms with Gasteiger partial charge in [0.15, 0.2) is 0 Å². The Hall–Kier alpha value is -1.81. The van der Waals surface area contributed by atoms with E-state index in [0.717, 1.165) is 0 Å². The molecule has 0 saturated heterocycles. The fourth-order valence-electron chi connectivity index (χ4n) is 1.74. The molecule has 1 rings (SSSR count). The third kappa shape index (κ3) is 2.38. The van der Waals surface area contributed by atoms with Crippen molar-refractivity contribution in [3.05, 3.63) is 70.8 Å². The van der Waals surface area contributed by atoms with E-state index in [9.17, 15) is 8.42 Å². The van der Waals surface area contributed by atoms with Gasteiger partial charge in [0.1, 0.15) is 0 Å². The van der Waals surface area contributed by atoms with Crippen LogP contribution in [0.5, 0.6) is 0 Å². The van der Waals surface area contributed by atoms with Crippen LogP contribution < -0.4 is 5.32 Å². The normalized spacial score (nSPS) is 23.4. The van der Waals surface area contributed by atoms with Crippen LogP contribution in [0.1, 0.15) is 13.8 Å². The van der Waals surface area contributed by atoms with E-state index in [1.165, 1.54) is 6.08 Å². The minimum absolute atomic E-state index is 0.190. The lowest BCUT2D eigenvalue weighted by Gasteiger charge is -2.23. The Bertz CT molecular complexity index is 587. The summed E-state index contributed by atoms with van der Waals surface area (Å²) in [6.45, 7) is 10.7. The molecule has 0 spiro atoms. The van der Waals surface area contributed by atoms with Crippen molar-refractivity contribution in [1.29, 1.82) is 0 Å². The SMILES string of the molecule is C=C/C=C1/NC(/C=C\C)=C(C=C)S(=O)(=O)/C1=C/C. The summed E-state index contributed by atoms with van der Waals surface area (Å²) in [4.78, 5) is 0.431. The smallest absolute Gasteiger partial charge is 0.210 e. The van der Waals surface area contributed by atoms with Gasteiger partial charge in [0, 0.05) is 0 Å². The van der Waals surface area contributed by atoms with Crippen molar-refractivity contribution in [1.82, 2.24) is 5.32 Å². The van der Waals surface area contributed by atoms with Gasteiger partial charge < -0.3 is 5.32 Å². The number of allylic oxidation sites excluding steroid dienone is 6. The van der Waals surface area contributed by atoms with Crippen LogP contribution in [0.3, 0.4) is 0 Å². The van der Waals surface area contributed by atoms with E-state index in [1.54, 1.807) is 37.3 Å². The van der Waals surface area contributed by atoms with Gasteiger partial charge in [-0.15, -0.1) is 0 Å². The second-order valence-electron chi connectivity index (χ2n) is 3.58. The summed E-state index contributed by atoms with van der Waals surface area (Å²) in [7, 11) is -3.51. The molecule has 96 valence electrons. The van der Waals surface area contributed by atoms with Crippen molar-refractivity contribution in [3.8, 4) is 0 Å². The third-order valence-corrected chi connectivity index (χ3v) is 4.44. The van der Waals surface area contributed by atoms with Crippen LogP contribution in [0.4, 0.5) is 0 Å². The molecule has 1 N–H and O–H groups in total. The average molecular weight is 263 g/mol. The minimum Gasteiger partial charge on any atom is -0.353 e. The molecule has 0 fully saturated rings. The molecule has 1 aliphatic rings. The summed E-state index contributed by atoms with van der Waals surface area (Å²) >= 11 is 0.